The number of benzene rings is 1. The standard InChI is InChI=1S/C27H32O2/c1-18-3-5-19(6-4-18)11-15-27(29)16-13-25-24-9-7-20-17-21(28)8-10-22(20)23(24)12-14-26(25,27)2/h3-6,17,22-25,29H,7-10,12-14,16H2,1-2H3/t22?,23?,24?,25?,26-,27-/m0/s1. The maximum Gasteiger partial charge on any atom is 0.155 e. The molecule has 0 spiro atoms. The SMILES string of the molecule is Cc1ccc(C#C[C@]2(O)CCC3C4CCC5=CC(=O)CCC5C4CC[C@@]32C)cc1. The molecule has 0 bridgehead atoms. The third kappa shape index (κ3) is 3.01. The quantitative estimate of drug-likeness (QED) is 0.619. The van der Waals surface area contributed by atoms with Gasteiger partial charge < -0.3 is 5.11 Å². The van der Waals surface area contributed by atoms with Gasteiger partial charge in [0, 0.05) is 17.4 Å². The summed E-state index contributed by atoms with van der Waals surface area (Å²) >= 11 is 0. The highest BCUT2D eigenvalue weighted by molar-refractivity contribution is 5.91. The van der Waals surface area contributed by atoms with Crippen molar-refractivity contribution in [1.29, 1.82) is 0 Å². The molecule has 5 rings (SSSR count). The van der Waals surface area contributed by atoms with Crippen molar-refractivity contribution in [3.05, 3.63) is 47.0 Å². The smallest absolute Gasteiger partial charge is 0.155 e. The van der Waals surface area contributed by atoms with Gasteiger partial charge in [-0.15, -0.1) is 0 Å². The fourth-order valence-corrected chi connectivity index (χ4v) is 7.21. The Kier molecular flexibility index (Phi) is 4.52. The molecular weight excluding hydrogens is 356 g/mol. The predicted octanol–water partition coefficient (Wildman–Crippen LogP) is 5.22. The van der Waals surface area contributed by atoms with Crippen molar-refractivity contribution in [1.82, 2.24) is 0 Å². The number of aliphatic hydroxyl groups is 1. The van der Waals surface area contributed by atoms with Crippen LogP contribution in [-0.2, 0) is 4.79 Å². The highest BCUT2D eigenvalue weighted by atomic mass is 16.3. The Bertz CT molecular complexity index is 914. The lowest BCUT2D eigenvalue weighted by Gasteiger charge is -2.54. The maximum atomic E-state index is 11.9. The molecule has 0 saturated heterocycles. The van der Waals surface area contributed by atoms with E-state index in [0.29, 0.717) is 29.5 Å². The van der Waals surface area contributed by atoms with E-state index in [9.17, 15) is 9.90 Å². The number of carbonyl (C=O) groups is 1. The number of allylic oxidation sites excluding steroid dienone is 1. The van der Waals surface area contributed by atoms with Crippen LogP contribution in [0, 0.1) is 47.9 Å². The van der Waals surface area contributed by atoms with Crippen molar-refractivity contribution in [2.24, 2.45) is 29.1 Å². The van der Waals surface area contributed by atoms with Crippen LogP contribution in [0.5, 0.6) is 0 Å². The highest BCUT2D eigenvalue weighted by Crippen LogP contribution is 2.64. The summed E-state index contributed by atoms with van der Waals surface area (Å²) in [5, 5.41) is 11.7. The summed E-state index contributed by atoms with van der Waals surface area (Å²) in [6.45, 7) is 4.39. The molecule has 4 aliphatic rings. The number of hydrogen-bond donors (Lipinski definition) is 1. The van der Waals surface area contributed by atoms with E-state index < -0.39 is 5.60 Å². The van der Waals surface area contributed by atoms with Crippen molar-refractivity contribution in [2.75, 3.05) is 0 Å². The van der Waals surface area contributed by atoms with Gasteiger partial charge in [-0.05, 0) is 93.7 Å². The Balaban J connectivity index is 1.41. The summed E-state index contributed by atoms with van der Waals surface area (Å²) in [6.07, 6.45) is 10.1. The summed E-state index contributed by atoms with van der Waals surface area (Å²) in [7, 11) is 0. The largest absolute Gasteiger partial charge is 0.377 e. The molecule has 4 aliphatic carbocycles. The summed E-state index contributed by atoms with van der Waals surface area (Å²) in [6, 6.07) is 8.27. The molecule has 3 fully saturated rings. The van der Waals surface area contributed by atoms with Crippen molar-refractivity contribution < 1.29 is 9.90 Å². The van der Waals surface area contributed by atoms with E-state index in [2.05, 4.69) is 50.0 Å². The maximum absolute atomic E-state index is 11.9. The average molecular weight is 389 g/mol. The van der Waals surface area contributed by atoms with Gasteiger partial charge in [0.15, 0.2) is 5.78 Å². The van der Waals surface area contributed by atoms with E-state index in [4.69, 9.17) is 0 Å². The zero-order chi connectivity index (χ0) is 20.2. The molecule has 0 radical (unpaired) electrons. The topological polar surface area (TPSA) is 37.3 Å². The molecule has 0 aliphatic heterocycles. The molecule has 0 amide bonds. The van der Waals surface area contributed by atoms with Crippen molar-refractivity contribution >= 4 is 5.78 Å². The van der Waals surface area contributed by atoms with Gasteiger partial charge in [0.2, 0.25) is 0 Å². The molecule has 1 aromatic carbocycles. The first-order valence-corrected chi connectivity index (χ1v) is 11.5. The fourth-order valence-electron chi connectivity index (χ4n) is 7.21. The van der Waals surface area contributed by atoms with E-state index in [-0.39, 0.29) is 5.41 Å². The van der Waals surface area contributed by atoms with Crippen molar-refractivity contribution in [3.63, 3.8) is 0 Å². The van der Waals surface area contributed by atoms with Gasteiger partial charge in [-0.1, -0.05) is 42.0 Å². The number of hydrogen-bond acceptors (Lipinski definition) is 2. The zero-order valence-electron chi connectivity index (χ0n) is 17.7. The minimum Gasteiger partial charge on any atom is -0.377 e. The number of carbonyl (C=O) groups excluding carboxylic acids is 1. The van der Waals surface area contributed by atoms with Gasteiger partial charge in [-0.3, -0.25) is 4.79 Å². The summed E-state index contributed by atoms with van der Waals surface area (Å²) in [4.78, 5) is 11.9. The first-order valence-electron chi connectivity index (χ1n) is 11.5. The molecule has 0 aromatic heterocycles. The lowest BCUT2D eigenvalue weighted by molar-refractivity contribution is -0.116. The Morgan fingerprint density at radius 2 is 1.79 bits per heavy atom. The van der Waals surface area contributed by atoms with Crippen LogP contribution in [0.2, 0.25) is 0 Å². The van der Waals surface area contributed by atoms with Crippen LogP contribution < -0.4 is 0 Å². The van der Waals surface area contributed by atoms with Crippen LogP contribution in [0.1, 0.15) is 69.4 Å². The Morgan fingerprint density at radius 3 is 2.59 bits per heavy atom. The molecule has 2 nitrogen and oxygen atoms in total. The summed E-state index contributed by atoms with van der Waals surface area (Å²) < 4.78 is 0. The molecular formula is C27H32O2. The van der Waals surface area contributed by atoms with Crippen LogP contribution in [0.15, 0.2) is 35.9 Å². The van der Waals surface area contributed by atoms with Gasteiger partial charge in [-0.2, -0.15) is 0 Å². The monoisotopic (exact) mass is 388 g/mol. The van der Waals surface area contributed by atoms with E-state index in [1.165, 1.54) is 24.0 Å². The molecule has 1 N–H and O–H groups in total. The normalized spacial score (nSPS) is 40.8. The molecule has 6 atom stereocenters. The average Bonchev–Trinajstić information content (AvgIpc) is 2.98. The van der Waals surface area contributed by atoms with Crippen molar-refractivity contribution in [2.45, 2.75) is 70.8 Å². The Morgan fingerprint density at radius 1 is 1.00 bits per heavy atom. The third-order valence-electron chi connectivity index (χ3n) is 8.92. The molecule has 3 saturated carbocycles. The number of ketones is 1. The third-order valence-corrected chi connectivity index (χ3v) is 8.92. The van der Waals surface area contributed by atoms with Crippen LogP contribution in [0.25, 0.3) is 0 Å². The van der Waals surface area contributed by atoms with Crippen LogP contribution in [0.4, 0.5) is 0 Å². The second-order valence-corrected chi connectivity index (χ2v) is 10.3. The van der Waals surface area contributed by atoms with Gasteiger partial charge in [0.05, 0.1) is 0 Å². The van der Waals surface area contributed by atoms with Crippen molar-refractivity contribution in [3.8, 4) is 11.8 Å². The minimum absolute atomic E-state index is 0.114. The van der Waals surface area contributed by atoms with Crippen LogP contribution in [0.3, 0.4) is 0 Å². The molecule has 4 unspecified atom stereocenters. The molecule has 0 heterocycles. The van der Waals surface area contributed by atoms with Gasteiger partial charge >= 0.3 is 0 Å². The zero-order valence-corrected chi connectivity index (χ0v) is 17.7. The van der Waals surface area contributed by atoms with Gasteiger partial charge in [0.1, 0.15) is 5.60 Å². The Hall–Kier alpha value is -1.85. The lowest BCUT2D eigenvalue weighted by Crippen LogP contribution is -2.52. The van der Waals surface area contributed by atoms with E-state index in [1.807, 2.05) is 6.08 Å². The first kappa shape index (κ1) is 19.1. The predicted molar refractivity (Wildman–Crippen MR) is 115 cm³/mol. The summed E-state index contributed by atoms with van der Waals surface area (Å²) in [5.41, 5.74) is 2.65. The second-order valence-electron chi connectivity index (χ2n) is 10.3. The highest BCUT2D eigenvalue weighted by Gasteiger charge is 2.62. The van der Waals surface area contributed by atoms with E-state index in [0.717, 1.165) is 44.1 Å². The fraction of sp³-hybridized carbons (Fsp3) is 0.593. The van der Waals surface area contributed by atoms with Gasteiger partial charge in [-0.25, -0.2) is 0 Å². The number of rotatable bonds is 0. The summed E-state index contributed by atoms with van der Waals surface area (Å²) in [5.74, 6) is 9.51. The number of aryl methyl sites for hydroxylation is 1. The van der Waals surface area contributed by atoms with Gasteiger partial charge in [0.25, 0.3) is 0 Å². The molecule has 2 heteroatoms. The molecule has 1 aromatic rings. The van der Waals surface area contributed by atoms with E-state index in [1.54, 1.807) is 0 Å². The first-order chi connectivity index (χ1) is 13.9. The minimum atomic E-state index is -0.883. The second kappa shape index (κ2) is 6.85. The van der Waals surface area contributed by atoms with Crippen LogP contribution in [-0.4, -0.2) is 16.5 Å². The lowest BCUT2D eigenvalue weighted by atomic mass is 9.50. The molecule has 152 valence electrons. The van der Waals surface area contributed by atoms with Crippen LogP contribution >= 0.6 is 0 Å². The number of fused-ring (bicyclic) bond motifs is 5. The molecule has 29 heavy (non-hydrogen) atoms. The Labute approximate surface area is 174 Å². The van der Waals surface area contributed by atoms with E-state index >= 15 is 0 Å².